The number of hydrogen-bond acceptors (Lipinski definition) is 3. The lowest BCUT2D eigenvalue weighted by molar-refractivity contribution is 1.09. The Labute approximate surface area is 274 Å². The van der Waals surface area contributed by atoms with Crippen LogP contribution in [0, 0.1) is 11.3 Å². The van der Waals surface area contributed by atoms with Crippen molar-refractivity contribution in [3.8, 4) is 17.4 Å². The molecule has 47 heavy (non-hydrogen) atoms. The van der Waals surface area contributed by atoms with Crippen LogP contribution in [0.5, 0.6) is 0 Å². The molecule has 10 rings (SSSR count). The molecule has 0 unspecified atom stereocenters. The summed E-state index contributed by atoms with van der Waals surface area (Å²) < 4.78 is 4.82. The number of fused-ring (bicyclic) bond motifs is 9. The molecule has 3 heterocycles. The van der Waals surface area contributed by atoms with Gasteiger partial charge in [-0.1, -0.05) is 66.4 Å². The van der Waals surface area contributed by atoms with E-state index < -0.39 is 0 Å². The summed E-state index contributed by atoms with van der Waals surface area (Å²) in [6.45, 7) is 0. The summed E-state index contributed by atoms with van der Waals surface area (Å²) in [5.74, 6) is 0. The molecule has 0 spiro atoms. The third-order valence-electron chi connectivity index (χ3n) is 9.32. The van der Waals surface area contributed by atoms with Crippen molar-refractivity contribution in [2.75, 3.05) is 0 Å². The molecule has 5 heteroatoms. The van der Waals surface area contributed by atoms with Crippen LogP contribution in [0.25, 0.3) is 55.7 Å². The summed E-state index contributed by atoms with van der Waals surface area (Å²) in [7, 11) is 0. The molecule has 0 bridgehead atoms. The van der Waals surface area contributed by atoms with Gasteiger partial charge in [-0.15, -0.1) is 0 Å². The van der Waals surface area contributed by atoms with Crippen LogP contribution in [-0.4, -0.2) is 9.13 Å². The van der Waals surface area contributed by atoms with E-state index in [9.17, 15) is 5.26 Å². The fraction of sp³-hybridized carbons (Fsp3) is 0. The van der Waals surface area contributed by atoms with Gasteiger partial charge in [-0.25, -0.2) is 4.99 Å². The van der Waals surface area contributed by atoms with Crippen molar-refractivity contribution in [1.29, 1.82) is 5.26 Å². The van der Waals surface area contributed by atoms with Gasteiger partial charge >= 0.3 is 0 Å². The normalized spacial score (nSPS) is 13.0. The summed E-state index contributed by atoms with van der Waals surface area (Å²) in [5.41, 5.74) is 11.1. The minimum Gasteiger partial charge on any atom is -0.309 e. The molecule has 2 aromatic heterocycles. The number of nitrogens with zero attached hydrogens (tertiary/aromatic N) is 4. The number of aromatic nitrogens is 2. The highest BCUT2D eigenvalue weighted by Crippen LogP contribution is 2.46. The van der Waals surface area contributed by atoms with Crippen LogP contribution in [0.1, 0.15) is 16.8 Å². The van der Waals surface area contributed by atoms with Gasteiger partial charge in [-0.05, 0) is 91.0 Å². The van der Waals surface area contributed by atoms with Crippen molar-refractivity contribution < 1.29 is 0 Å². The van der Waals surface area contributed by atoms with Crippen LogP contribution in [0.4, 0.5) is 0 Å². The molecule has 0 saturated carbocycles. The monoisotopic (exact) mass is 616 g/mol. The molecule has 6 aromatic carbocycles. The van der Waals surface area contributed by atoms with Crippen LogP contribution in [-0.2, 0) is 0 Å². The maximum absolute atomic E-state index is 9.18. The van der Waals surface area contributed by atoms with Crippen molar-refractivity contribution >= 4 is 56.1 Å². The second-order valence-electron chi connectivity index (χ2n) is 11.9. The number of para-hydroxylation sites is 3. The topological polar surface area (TPSA) is 46.0 Å². The molecule has 0 amide bonds. The van der Waals surface area contributed by atoms with Gasteiger partial charge in [0, 0.05) is 53.7 Å². The Hall–Kier alpha value is -6.09. The first-order valence-electron chi connectivity index (χ1n) is 15.6. The zero-order chi connectivity index (χ0) is 31.1. The van der Waals surface area contributed by atoms with Gasteiger partial charge in [0.25, 0.3) is 0 Å². The molecule has 218 valence electrons. The Morgan fingerprint density at radius 3 is 2.04 bits per heavy atom. The zero-order valence-electron chi connectivity index (χ0n) is 25.1. The molecule has 1 aliphatic carbocycles. The van der Waals surface area contributed by atoms with Crippen molar-refractivity contribution in [3.63, 3.8) is 0 Å². The lowest BCUT2D eigenvalue weighted by atomic mass is 10.1. The molecule has 2 aliphatic rings. The van der Waals surface area contributed by atoms with Gasteiger partial charge in [0.05, 0.1) is 44.9 Å². The summed E-state index contributed by atoms with van der Waals surface area (Å²) in [4.78, 5) is 7.31. The minimum atomic E-state index is 0.671. The van der Waals surface area contributed by atoms with E-state index in [-0.39, 0.29) is 0 Å². The van der Waals surface area contributed by atoms with E-state index in [0.717, 1.165) is 32.2 Å². The number of benzene rings is 6. The molecule has 8 aromatic rings. The highest BCUT2D eigenvalue weighted by atomic mass is 32.2. The maximum atomic E-state index is 9.18. The van der Waals surface area contributed by atoms with Gasteiger partial charge < -0.3 is 9.13 Å². The Morgan fingerprint density at radius 1 is 0.574 bits per heavy atom. The number of rotatable bonds is 4. The smallest absolute Gasteiger partial charge is 0.0991 e. The average molecular weight is 617 g/mol. The molecule has 4 nitrogen and oxygen atoms in total. The Bertz CT molecular complexity index is 2790. The van der Waals surface area contributed by atoms with Crippen LogP contribution < -0.4 is 10.6 Å². The minimum absolute atomic E-state index is 0.671. The lowest BCUT2D eigenvalue weighted by Gasteiger charge is -2.13. The van der Waals surface area contributed by atoms with Crippen LogP contribution in [0.3, 0.4) is 0 Å². The number of nitriles is 1. The highest BCUT2D eigenvalue weighted by molar-refractivity contribution is 7.99. The predicted octanol–water partition coefficient (Wildman–Crippen LogP) is 8.94. The van der Waals surface area contributed by atoms with Gasteiger partial charge in [0.15, 0.2) is 0 Å². The van der Waals surface area contributed by atoms with Crippen molar-refractivity contribution in [2.24, 2.45) is 4.99 Å². The van der Waals surface area contributed by atoms with Gasteiger partial charge in [0.2, 0.25) is 0 Å². The lowest BCUT2D eigenvalue weighted by Crippen LogP contribution is -2.22. The van der Waals surface area contributed by atoms with Crippen molar-refractivity contribution in [2.45, 2.75) is 9.79 Å². The van der Waals surface area contributed by atoms with E-state index in [4.69, 9.17) is 4.99 Å². The quantitative estimate of drug-likeness (QED) is 0.198. The van der Waals surface area contributed by atoms with E-state index in [0.29, 0.717) is 5.56 Å². The number of allylic oxidation sites excluding steroid dienone is 1. The first-order valence-corrected chi connectivity index (χ1v) is 16.4. The molecule has 0 radical (unpaired) electrons. The maximum Gasteiger partial charge on any atom is 0.0991 e. The molecular formula is C42H24N4S. The van der Waals surface area contributed by atoms with E-state index in [1.807, 2.05) is 24.3 Å². The summed E-state index contributed by atoms with van der Waals surface area (Å²) in [6.07, 6.45) is 2.28. The Balaban J connectivity index is 1.24. The average Bonchev–Trinajstić information content (AvgIpc) is 3.84. The molecular weight excluding hydrogens is 593 g/mol. The highest BCUT2D eigenvalue weighted by Gasteiger charge is 2.31. The first-order chi connectivity index (χ1) is 23.2. The molecule has 0 N–H and O–H groups in total. The largest absolute Gasteiger partial charge is 0.309 e. The fourth-order valence-electron chi connectivity index (χ4n) is 7.28. The summed E-state index contributed by atoms with van der Waals surface area (Å²) in [6, 6.07) is 51.4. The van der Waals surface area contributed by atoms with Crippen molar-refractivity contribution in [1.82, 2.24) is 9.13 Å². The van der Waals surface area contributed by atoms with Crippen LogP contribution >= 0.6 is 11.8 Å². The SMILES string of the molecule is N#Cc1ccc(Sc2ccc(-n3c4c(c5cc6c(cc53)c3ccccc3n6-c3ccccc3)C=C3N=c5ccccc5=C34)cc2)cc1. The van der Waals surface area contributed by atoms with Gasteiger partial charge in [-0.2, -0.15) is 5.26 Å². The van der Waals surface area contributed by atoms with Gasteiger partial charge in [-0.3, -0.25) is 0 Å². The number of hydrogen-bond donors (Lipinski definition) is 0. The van der Waals surface area contributed by atoms with E-state index in [1.54, 1.807) is 11.8 Å². The third kappa shape index (κ3) is 3.86. The van der Waals surface area contributed by atoms with Crippen LogP contribution in [0.2, 0.25) is 0 Å². The van der Waals surface area contributed by atoms with E-state index in [2.05, 4.69) is 137 Å². The molecule has 0 fully saturated rings. The van der Waals surface area contributed by atoms with E-state index in [1.165, 1.54) is 54.8 Å². The standard InChI is InChI=1S/C42H24N4S/c43-25-26-14-18-29(19-15-26)47-30-20-16-28(17-21-30)46-40-23-33-31-10-5-7-13-38(31)45(27-8-2-1-3-9-27)39(33)24-34(40)35-22-37-41(42(35)46)32-11-4-6-12-36(32)44-37/h1-24H. The third-order valence-corrected chi connectivity index (χ3v) is 10.3. The summed E-state index contributed by atoms with van der Waals surface area (Å²) >= 11 is 1.70. The zero-order valence-corrected chi connectivity index (χ0v) is 25.9. The second-order valence-corrected chi connectivity index (χ2v) is 13.1. The summed E-state index contributed by atoms with van der Waals surface area (Å²) in [5, 5.41) is 15.1. The van der Waals surface area contributed by atoms with E-state index >= 15 is 0 Å². The molecule has 1 aliphatic heterocycles. The second kappa shape index (κ2) is 9.95. The Kier molecular flexibility index (Phi) is 5.54. The fourth-order valence-corrected chi connectivity index (χ4v) is 8.10. The van der Waals surface area contributed by atoms with Gasteiger partial charge in [0.1, 0.15) is 0 Å². The Morgan fingerprint density at radius 2 is 1.23 bits per heavy atom. The first kappa shape index (κ1) is 26.2. The van der Waals surface area contributed by atoms with Crippen molar-refractivity contribution in [3.05, 3.63) is 173 Å². The molecule has 0 atom stereocenters. The molecule has 0 saturated heterocycles. The predicted molar refractivity (Wildman–Crippen MR) is 191 cm³/mol. The van der Waals surface area contributed by atoms with Crippen LogP contribution in [0.15, 0.2) is 160 Å².